The van der Waals surface area contributed by atoms with Gasteiger partial charge in [0, 0.05) is 26.3 Å². The Morgan fingerprint density at radius 2 is 2.04 bits per heavy atom. The SMILES string of the molecule is Cc1nnc(CNC(=NCc2ccnn2C)NC2CCCC2)n1C.I. The van der Waals surface area contributed by atoms with Crippen LogP contribution in [-0.2, 0) is 27.2 Å². The molecule has 3 rings (SSSR count). The zero-order valence-corrected chi connectivity index (χ0v) is 17.4. The van der Waals surface area contributed by atoms with Crippen molar-refractivity contribution in [2.24, 2.45) is 19.1 Å². The van der Waals surface area contributed by atoms with Crippen LogP contribution in [0, 0.1) is 6.92 Å². The molecule has 2 aromatic heterocycles. The van der Waals surface area contributed by atoms with Gasteiger partial charge in [0.25, 0.3) is 0 Å². The van der Waals surface area contributed by atoms with Gasteiger partial charge >= 0.3 is 0 Å². The number of aliphatic imine (C=N–C) groups is 1. The summed E-state index contributed by atoms with van der Waals surface area (Å²) < 4.78 is 3.84. The molecule has 0 spiro atoms. The molecule has 0 bridgehead atoms. The third-order valence-electron chi connectivity index (χ3n) is 4.61. The minimum Gasteiger partial charge on any atom is -0.354 e. The number of nitrogens with one attached hydrogen (secondary N) is 2. The number of rotatable bonds is 5. The number of nitrogens with zero attached hydrogens (tertiary/aromatic N) is 6. The van der Waals surface area contributed by atoms with Crippen LogP contribution in [0.4, 0.5) is 0 Å². The summed E-state index contributed by atoms with van der Waals surface area (Å²) in [5.74, 6) is 2.63. The summed E-state index contributed by atoms with van der Waals surface area (Å²) in [7, 11) is 3.91. The first-order valence-electron chi connectivity index (χ1n) is 8.50. The molecule has 0 amide bonds. The predicted molar refractivity (Wildman–Crippen MR) is 108 cm³/mol. The Kier molecular flexibility index (Phi) is 7.21. The molecule has 0 aliphatic heterocycles. The maximum atomic E-state index is 4.72. The van der Waals surface area contributed by atoms with Crippen molar-refractivity contribution in [1.29, 1.82) is 0 Å². The van der Waals surface area contributed by atoms with E-state index in [0.29, 0.717) is 19.1 Å². The number of aromatic nitrogens is 5. The summed E-state index contributed by atoms with van der Waals surface area (Å²) >= 11 is 0. The van der Waals surface area contributed by atoms with E-state index in [1.807, 2.05) is 36.3 Å². The van der Waals surface area contributed by atoms with Crippen LogP contribution in [0.5, 0.6) is 0 Å². The number of halogens is 1. The summed E-state index contributed by atoms with van der Waals surface area (Å²) in [6.07, 6.45) is 6.78. The van der Waals surface area contributed by atoms with Crippen molar-refractivity contribution in [1.82, 2.24) is 35.2 Å². The Labute approximate surface area is 165 Å². The predicted octanol–water partition coefficient (Wildman–Crippen LogP) is 1.65. The Balaban J connectivity index is 0.00000225. The van der Waals surface area contributed by atoms with Crippen molar-refractivity contribution in [3.63, 3.8) is 0 Å². The highest BCUT2D eigenvalue weighted by atomic mass is 127. The van der Waals surface area contributed by atoms with Gasteiger partial charge in [0.05, 0.1) is 18.8 Å². The van der Waals surface area contributed by atoms with Crippen molar-refractivity contribution in [2.75, 3.05) is 0 Å². The molecule has 2 aromatic rings. The van der Waals surface area contributed by atoms with Crippen LogP contribution < -0.4 is 10.6 Å². The first-order chi connectivity index (χ1) is 11.6. The van der Waals surface area contributed by atoms with E-state index >= 15 is 0 Å². The van der Waals surface area contributed by atoms with E-state index in [2.05, 4.69) is 25.9 Å². The van der Waals surface area contributed by atoms with Gasteiger partial charge in [0.2, 0.25) is 0 Å². The van der Waals surface area contributed by atoms with Crippen molar-refractivity contribution in [3.05, 3.63) is 29.6 Å². The summed E-state index contributed by atoms with van der Waals surface area (Å²) in [4.78, 5) is 4.72. The second kappa shape index (κ2) is 9.16. The number of hydrogen-bond donors (Lipinski definition) is 2. The molecular formula is C16H27IN8. The Hall–Kier alpha value is -1.65. The van der Waals surface area contributed by atoms with Gasteiger partial charge in [0.15, 0.2) is 11.8 Å². The van der Waals surface area contributed by atoms with Crippen molar-refractivity contribution >= 4 is 29.9 Å². The second-order valence-corrected chi connectivity index (χ2v) is 6.31. The van der Waals surface area contributed by atoms with Gasteiger partial charge < -0.3 is 15.2 Å². The minimum atomic E-state index is 0. The summed E-state index contributed by atoms with van der Waals surface area (Å²) in [5.41, 5.74) is 1.08. The van der Waals surface area contributed by atoms with Crippen molar-refractivity contribution in [2.45, 2.75) is 51.7 Å². The molecular weight excluding hydrogens is 431 g/mol. The molecule has 1 aliphatic carbocycles. The van der Waals surface area contributed by atoms with Gasteiger partial charge in [-0.1, -0.05) is 12.8 Å². The lowest BCUT2D eigenvalue weighted by Crippen LogP contribution is -2.42. The first kappa shape index (κ1) is 19.7. The standard InChI is InChI=1S/C16H26N8.HI/c1-12-21-22-15(23(12)2)11-18-16(20-13-6-4-5-7-13)17-10-14-8-9-19-24(14)3;/h8-9,13H,4-7,10-11H2,1-3H3,(H2,17,18,20);1H. The molecule has 0 radical (unpaired) electrons. The van der Waals surface area contributed by atoms with E-state index in [4.69, 9.17) is 4.99 Å². The molecule has 0 saturated heterocycles. The summed E-state index contributed by atoms with van der Waals surface area (Å²) in [6.45, 7) is 3.14. The van der Waals surface area contributed by atoms with Crippen molar-refractivity contribution in [3.8, 4) is 0 Å². The molecule has 25 heavy (non-hydrogen) atoms. The second-order valence-electron chi connectivity index (χ2n) is 6.31. The fraction of sp³-hybridized carbons (Fsp3) is 0.625. The van der Waals surface area contributed by atoms with Crippen LogP contribution in [-0.4, -0.2) is 36.5 Å². The maximum Gasteiger partial charge on any atom is 0.192 e. The molecule has 0 unspecified atom stereocenters. The monoisotopic (exact) mass is 458 g/mol. The minimum absolute atomic E-state index is 0. The van der Waals surface area contributed by atoms with Crippen LogP contribution >= 0.6 is 24.0 Å². The summed E-state index contributed by atoms with van der Waals surface area (Å²) in [6, 6.07) is 2.49. The van der Waals surface area contributed by atoms with Gasteiger partial charge in [-0.2, -0.15) is 5.10 Å². The highest BCUT2D eigenvalue weighted by molar-refractivity contribution is 14.0. The topological polar surface area (TPSA) is 85.0 Å². The van der Waals surface area contributed by atoms with E-state index in [-0.39, 0.29) is 24.0 Å². The average Bonchev–Trinajstić information content (AvgIpc) is 3.28. The zero-order valence-electron chi connectivity index (χ0n) is 15.1. The quantitative estimate of drug-likeness (QED) is 0.405. The molecule has 0 atom stereocenters. The normalized spacial score (nSPS) is 15.2. The highest BCUT2D eigenvalue weighted by Crippen LogP contribution is 2.17. The average molecular weight is 458 g/mol. The largest absolute Gasteiger partial charge is 0.354 e. The lowest BCUT2D eigenvalue weighted by molar-refractivity contribution is 0.604. The molecule has 1 fully saturated rings. The van der Waals surface area contributed by atoms with Crippen LogP contribution in [0.25, 0.3) is 0 Å². The van der Waals surface area contributed by atoms with E-state index < -0.39 is 0 Å². The molecule has 2 heterocycles. The number of hydrogen-bond acceptors (Lipinski definition) is 4. The lowest BCUT2D eigenvalue weighted by Gasteiger charge is -2.17. The number of aryl methyl sites for hydroxylation is 2. The van der Waals surface area contributed by atoms with Gasteiger partial charge in [-0.25, -0.2) is 4.99 Å². The van der Waals surface area contributed by atoms with Crippen molar-refractivity contribution < 1.29 is 0 Å². The van der Waals surface area contributed by atoms with Gasteiger partial charge in [-0.3, -0.25) is 4.68 Å². The third-order valence-corrected chi connectivity index (χ3v) is 4.61. The van der Waals surface area contributed by atoms with Gasteiger partial charge in [0.1, 0.15) is 5.82 Å². The molecule has 138 valence electrons. The fourth-order valence-corrected chi connectivity index (χ4v) is 2.90. The smallest absolute Gasteiger partial charge is 0.192 e. The van der Waals surface area contributed by atoms with Gasteiger partial charge in [-0.15, -0.1) is 34.2 Å². The maximum absolute atomic E-state index is 4.72. The summed E-state index contributed by atoms with van der Waals surface area (Å²) in [5, 5.41) is 19.4. The molecule has 0 aromatic carbocycles. The van der Waals surface area contributed by atoms with E-state index in [1.54, 1.807) is 6.20 Å². The van der Waals surface area contributed by atoms with E-state index in [0.717, 1.165) is 23.3 Å². The van der Waals surface area contributed by atoms with Crippen LogP contribution in [0.1, 0.15) is 43.0 Å². The van der Waals surface area contributed by atoms with Gasteiger partial charge in [-0.05, 0) is 25.8 Å². The highest BCUT2D eigenvalue weighted by Gasteiger charge is 2.16. The van der Waals surface area contributed by atoms with Crippen LogP contribution in [0.3, 0.4) is 0 Å². The molecule has 1 aliphatic rings. The van der Waals surface area contributed by atoms with Crippen LogP contribution in [0.2, 0.25) is 0 Å². The van der Waals surface area contributed by atoms with E-state index in [9.17, 15) is 0 Å². The molecule has 1 saturated carbocycles. The molecule has 8 nitrogen and oxygen atoms in total. The molecule has 9 heteroatoms. The molecule has 2 N–H and O–H groups in total. The Morgan fingerprint density at radius 1 is 1.28 bits per heavy atom. The Bertz CT molecular complexity index is 699. The number of guanidine groups is 1. The first-order valence-corrected chi connectivity index (χ1v) is 8.50. The van der Waals surface area contributed by atoms with E-state index in [1.165, 1.54) is 25.7 Å². The Morgan fingerprint density at radius 3 is 2.64 bits per heavy atom. The fourth-order valence-electron chi connectivity index (χ4n) is 2.90. The zero-order chi connectivity index (χ0) is 16.9. The van der Waals surface area contributed by atoms with Crippen LogP contribution in [0.15, 0.2) is 17.3 Å². The lowest BCUT2D eigenvalue weighted by atomic mass is 10.2. The third kappa shape index (κ3) is 5.16.